The molecule has 0 saturated carbocycles. The normalized spacial score (nSPS) is 13.8. The fourth-order valence-electron chi connectivity index (χ4n) is 1.90. The molecule has 0 aliphatic rings. The van der Waals surface area contributed by atoms with Crippen LogP contribution in [0.25, 0.3) is 0 Å². The average Bonchev–Trinajstić information content (AvgIpc) is 2.38. The van der Waals surface area contributed by atoms with E-state index in [-0.39, 0.29) is 30.0 Å². The predicted octanol–water partition coefficient (Wildman–Crippen LogP) is 2.49. The van der Waals surface area contributed by atoms with E-state index in [9.17, 15) is 20.0 Å². The molecule has 0 radical (unpaired) electrons. The van der Waals surface area contributed by atoms with Crippen LogP contribution in [-0.2, 0) is 4.79 Å². The summed E-state index contributed by atoms with van der Waals surface area (Å²) in [6, 6.07) is 4.54. The van der Waals surface area contributed by atoms with Crippen LogP contribution in [0.2, 0.25) is 0 Å². The van der Waals surface area contributed by atoms with Gasteiger partial charge in [-0.2, -0.15) is 0 Å². The Balaban J connectivity index is 2.76. The molecule has 0 aliphatic carbocycles. The Morgan fingerprint density at radius 2 is 2.00 bits per heavy atom. The summed E-state index contributed by atoms with van der Waals surface area (Å²) in [4.78, 5) is 22.3. The number of nitro groups is 1. The van der Waals surface area contributed by atoms with Gasteiger partial charge < -0.3 is 10.4 Å². The highest BCUT2D eigenvalue weighted by atomic mass is 16.6. The fourth-order valence-corrected chi connectivity index (χ4v) is 1.90. The Labute approximate surface area is 124 Å². The third kappa shape index (κ3) is 4.82. The molecule has 1 amide bonds. The van der Waals surface area contributed by atoms with Crippen LogP contribution in [0.15, 0.2) is 18.2 Å². The second-order valence-corrected chi connectivity index (χ2v) is 5.61. The van der Waals surface area contributed by atoms with Crippen molar-refractivity contribution >= 4 is 11.6 Å². The number of aliphatic hydroxyl groups is 1. The van der Waals surface area contributed by atoms with Crippen molar-refractivity contribution in [3.05, 3.63) is 39.4 Å². The van der Waals surface area contributed by atoms with Gasteiger partial charge in [-0.3, -0.25) is 14.9 Å². The van der Waals surface area contributed by atoms with Gasteiger partial charge in [-0.1, -0.05) is 26.0 Å². The van der Waals surface area contributed by atoms with E-state index in [0.29, 0.717) is 11.1 Å². The summed E-state index contributed by atoms with van der Waals surface area (Å²) in [7, 11) is 0. The summed E-state index contributed by atoms with van der Waals surface area (Å²) in [5.74, 6) is -0.265. The molecule has 1 aromatic rings. The van der Waals surface area contributed by atoms with Crippen molar-refractivity contribution in [2.75, 3.05) is 0 Å². The average molecular weight is 294 g/mol. The molecule has 21 heavy (non-hydrogen) atoms. The quantitative estimate of drug-likeness (QED) is 0.622. The van der Waals surface area contributed by atoms with Crippen LogP contribution in [0.1, 0.15) is 44.4 Å². The van der Waals surface area contributed by atoms with Gasteiger partial charge in [0, 0.05) is 11.6 Å². The molecule has 0 bridgehead atoms. The van der Waals surface area contributed by atoms with Gasteiger partial charge in [0.1, 0.15) is 0 Å². The zero-order chi connectivity index (χ0) is 16.2. The standard InChI is InChI=1S/C15H22N2O4/c1-9(2)14(18)8-15(19)16-11(4)12-6-5-10(3)13(7-12)17(20)21/h5-7,9,11,14,18H,8H2,1-4H3,(H,16,19). The molecule has 0 aromatic heterocycles. The van der Waals surface area contributed by atoms with Crippen LogP contribution < -0.4 is 5.32 Å². The number of benzene rings is 1. The van der Waals surface area contributed by atoms with Crippen molar-refractivity contribution in [2.24, 2.45) is 5.92 Å². The lowest BCUT2D eigenvalue weighted by Gasteiger charge is -2.18. The number of carbonyl (C=O) groups is 1. The van der Waals surface area contributed by atoms with Crippen molar-refractivity contribution < 1.29 is 14.8 Å². The molecular weight excluding hydrogens is 272 g/mol. The van der Waals surface area contributed by atoms with Gasteiger partial charge in [-0.15, -0.1) is 0 Å². The molecule has 116 valence electrons. The van der Waals surface area contributed by atoms with E-state index < -0.39 is 11.0 Å². The summed E-state index contributed by atoms with van der Waals surface area (Å²) >= 11 is 0. The Bertz CT molecular complexity index is 528. The summed E-state index contributed by atoms with van der Waals surface area (Å²) in [6.45, 7) is 7.10. The Morgan fingerprint density at radius 3 is 2.52 bits per heavy atom. The van der Waals surface area contributed by atoms with Crippen molar-refractivity contribution in [3.63, 3.8) is 0 Å². The zero-order valence-electron chi connectivity index (χ0n) is 12.8. The molecule has 0 fully saturated rings. The van der Waals surface area contributed by atoms with Gasteiger partial charge in [0.25, 0.3) is 5.69 Å². The number of nitro benzene ring substituents is 1. The zero-order valence-corrected chi connectivity index (χ0v) is 12.8. The molecular formula is C15H22N2O4. The summed E-state index contributed by atoms with van der Waals surface area (Å²) in [5.41, 5.74) is 1.29. The van der Waals surface area contributed by atoms with E-state index in [4.69, 9.17) is 0 Å². The van der Waals surface area contributed by atoms with E-state index in [2.05, 4.69) is 5.32 Å². The van der Waals surface area contributed by atoms with Crippen molar-refractivity contribution in [1.29, 1.82) is 0 Å². The molecule has 0 spiro atoms. The smallest absolute Gasteiger partial charge is 0.272 e. The van der Waals surface area contributed by atoms with E-state index >= 15 is 0 Å². The van der Waals surface area contributed by atoms with Gasteiger partial charge in [-0.25, -0.2) is 0 Å². The van der Waals surface area contributed by atoms with Gasteiger partial charge in [0.05, 0.1) is 23.5 Å². The van der Waals surface area contributed by atoms with Crippen LogP contribution in [0.3, 0.4) is 0 Å². The van der Waals surface area contributed by atoms with E-state index in [1.807, 2.05) is 13.8 Å². The first-order valence-corrected chi connectivity index (χ1v) is 6.94. The molecule has 2 unspecified atom stereocenters. The van der Waals surface area contributed by atoms with Crippen LogP contribution in [0.5, 0.6) is 0 Å². The van der Waals surface area contributed by atoms with Crippen LogP contribution in [-0.4, -0.2) is 22.0 Å². The molecule has 0 heterocycles. The number of hydrogen-bond donors (Lipinski definition) is 2. The summed E-state index contributed by atoms with van der Waals surface area (Å²) < 4.78 is 0. The van der Waals surface area contributed by atoms with Crippen LogP contribution in [0.4, 0.5) is 5.69 Å². The predicted molar refractivity (Wildman–Crippen MR) is 79.9 cm³/mol. The number of aryl methyl sites for hydroxylation is 1. The second kappa shape index (κ2) is 7.17. The SMILES string of the molecule is Cc1ccc(C(C)NC(=O)CC(O)C(C)C)cc1[N+](=O)[O-]. The minimum atomic E-state index is -0.690. The molecule has 0 saturated heterocycles. The van der Waals surface area contributed by atoms with E-state index in [1.54, 1.807) is 26.0 Å². The minimum absolute atomic E-state index is 0.00604. The largest absolute Gasteiger partial charge is 0.392 e. The van der Waals surface area contributed by atoms with Crippen molar-refractivity contribution in [2.45, 2.75) is 46.3 Å². The maximum atomic E-state index is 11.8. The lowest BCUT2D eigenvalue weighted by atomic mass is 10.0. The third-order valence-corrected chi connectivity index (χ3v) is 3.47. The van der Waals surface area contributed by atoms with E-state index in [1.165, 1.54) is 6.07 Å². The minimum Gasteiger partial charge on any atom is -0.392 e. The topological polar surface area (TPSA) is 92.5 Å². The lowest BCUT2D eigenvalue weighted by molar-refractivity contribution is -0.385. The molecule has 6 heteroatoms. The molecule has 2 atom stereocenters. The third-order valence-electron chi connectivity index (χ3n) is 3.47. The number of hydrogen-bond acceptors (Lipinski definition) is 4. The summed E-state index contributed by atoms with van der Waals surface area (Å²) in [6.07, 6.45) is -0.666. The number of carbonyl (C=O) groups excluding carboxylic acids is 1. The van der Waals surface area contributed by atoms with Gasteiger partial charge in [0.2, 0.25) is 5.91 Å². The van der Waals surface area contributed by atoms with Gasteiger partial charge >= 0.3 is 0 Å². The van der Waals surface area contributed by atoms with Crippen molar-refractivity contribution in [1.82, 2.24) is 5.32 Å². The maximum Gasteiger partial charge on any atom is 0.272 e. The fraction of sp³-hybridized carbons (Fsp3) is 0.533. The Kier molecular flexibility index (Phi) is 5.84. The number of aliphatic hydroxyl groups excluding tert-OH is 1. The lowest BCUT2D eigenvalue weighted by Crippen LogP contribution is -2.31. The monoisotopic (exact) mass is 294 g/mol. The first kappa shape index (κ1) is 17.1. The Morgan fingerprint density at radius 1 is 1.38 bits per heavy atom. The number of nitrogens with one attached hydrogen (secondary N) is 1. The number of amides is 1. The highest BCUT2D eigenvalue weighted by Crippen LogP contribution is 2.23. The molecule has 2 N–H and O–H groups in total. The van der Waals surface area contributed by atoms with Crippen LogP contribution in [0, 0.1) is 23.0 Å². The first-order chi connectivity index (χ1) is 9.72. The second-order valence-electron chi connectivity index (χ2n) is 5.61. The number of nitrogens with zero attached hydrogens (tertiary/aromatic N) is 1. The van der Waals surface area contributed by atoms with Crippen molar-refractivity contribution in [3.8, 4) is 0 Å². The molecule has 1 rings (SSSR count). The Hall–Kier alpha value is -1.95. The highest BCUT2D eigenvalue weighted by molar-refractivity contribution is 5.77. The number of rotatable bonds is 6. The maximum absolute atomic E-state index is 11.8. The van der Waals surface area contributed by atoms with Gasteiger partial charge in [-0.05, 0) is 25.3 Å². The molecule has 0 aliphatic heterocycles. The first-order valence-electron chi connectivity index (χ1n) is 6.94. The highest BCUT2D eigenvalue weighted by Gasteiger charge is 2.18. The van der Waals surface area contributed by atoms with Gasteiger partial charge in [0.15, 0.2) is 0 Å². The van der Waals surface area contributed by atoms with E-state index in [0.717, 1.165) is 0 Å². The summed E-state index contributed by atoms with van der Waals surface area (Å²) in [5, 5.41) is 23.4. The molecule has 1 aromatic carbocycles. The van der Waals surface area contributed by atoms with Crippen LogP contribution >= 0.6 is 0 Å². The molecule has 6 nitrogen and oxygen atoms in total.